The first kappa shape index (κ1) is 18.9. The Kier molecular flexibility index (Phi) is 6.20. The van der Waals surface area contributed by atoms with Crippen LogP contribution in [0.3, 0.4) is 0 Å². The number of benzene rings is 1. The fraction of sp³-hybridized carbons (Fsp3) is 0.522. The van der Waals surface area contributed by atoms with Crippen molar-refractivity contribution in [2.45, 2.75) is 76.3 Å². The van der Waals surface area contributed by atoms with Gasteiger partial charge in [-0.25, -0.2) is 9.97 Å². The van der Waals surface area contributed by atoms with Gasteiger partial charge in [-0.3, -0.25) is 4.79 Å². The van der Waals surface area contributed by atoms with E-state index < -0.39 is 0 Å². The molecule has 1 aromatic carbocycles. The Morgan fingerprint density at radius 3 is 2.14 bits per heavy atom. The second kappa shape index (κ2) is 9.18. The smallest absolute Gasteiger partial charge is 0.251 e. The highest BCUT2D eigenvalue weighted by Crippen LogP contribution is 2.24. The van der Waals surface area contributed by atoms with Crippen molar-refractivity contribution >= 4 is 11.7 Å². The molecule has 28 heavy (non-hydrogen) atoms. The van der Waals surface area contributed by atoms with E-state index in [1.807, 2.05) is 30.3 Å². The van der Waals surface area contributed by atoms with E-state index in [1.54, 1.807) is 6.33 Å². The minimum Gasteiger partial charge on any atom is -0.367 e. The van der Waals surface area contributed by atoms with Gasteiger partial charge in [-0.2, -0.15) is 0 Å². The summed E-state index contributed by atoms with van der Waals surface area (Å²) in [5.41, 5.74) is 2.60. The fourth-order valence-electron chi connectivity index (χ4n) is 4.36. The van der Waals surface area contributed by atoms with Gasteiger partial charge in [0.05, 0.1) is 5.69 Å². The molecule has 1 amide bonds. The normalized spacial score (nSPS) is 18.6. The second-order valence-corrected chi connectivity index (χ2v) is 8.15. The molecule has 0 atom stereocenters. The van der Waals surface area contributed by atoms with Crippen molar-refractivity contribution in [3.05, 3.63) is 42.2 Å². The van der Waals surface area contributed by atoms with Crippen LogP contribution in [0.5, 0.6) is 0 Å². The van der Waals surface area contributed by atoms with Crippen LogP contribution in [0.1, 0.15) is 74.6 Å². The fourth-order valence-corrected chi connectivity index (χ4v) is 4.36. The zero-order valence-electron chi connectivity index (χ0n) is 16.5. The van der Waals surface area contributed by atoms with Crippen LogP contribution in [0, 0.1) is 0 Å². The quantitative estimate of drug-likeness (QED) is 0.772. The molecular weight excluding hydrogens is 348 g/mol. The Labute approximate surface area is 167 Å². The molecule has 0 saturated heterocycles. The first-order valence-corrected chi connectivity index (χ1v) is 10.8. The number of amides is 1. The number of carbonyl (C=O) groups excluding carboxylic acids is 1. The summed E-state index contributed by atoms with van der Waals surface area (Å²) in [5.74, 6) is 0.914. The van der Waals surface area contributed by atoms with Crippen LogP contribution in [0.2, 0.25) is 0 Å². The molecule has 5 heteroatoms. The van der Waals surface area contributed by atoms with Gasteiger partial charge >= 0.3 is 0 Å². The monoisotopic (exact) mass is 378 g/mol. The summed E-state index contributed by atoms with van der Waals surface area (Å²) in [6, 6.07) is 10.6. The summed E-state index contributed by atoms with van der Waals surface area (Å²) in [7, 11) is 0. The summed E-state index contributed by atoms with van der Waals surface area (Å²) >= 11 is 0. The standard InChI is InChI=1S/C23H30N4O/c28-23(27-20-9-5-2-6-10-20)18-13-11-17(12-14-18)21-15-22(25-16-24-21)26-19-7-3-1-4-8-19/h11-16,19-20H,1-10H2,(H,27,28)(H,24,25,26). The first-order valence-electron chi connectivity index (χ1n) is 10.8. The van der Waals surface area contributed by atoms with Gasteiger partial charge in [0, 0.05) is 29.3 Å². The second-order valence-electron chi connectivity index (χ2n) is 8.15. The van der Waals surface area contributed by atoms with E-state index in [9.17, 15) is 4.79 Å². The average Bonchev–Trinajstić information content (AvgIpc) is 2.75. The van der Waals surface area contributed by atoms with E-state index in [0.717, 1.165) is 29.9 Å². The highest BCUT2D eigenvalue weighted by molar-refractivity contribution is 5.94. The molecule has 2 N–H and O–H groups in total. The molecule has 0 spiro atoms. The molecule has 2 saturated carbocycles. The van der Waals surface area contributed by atoms with E-state index in [1.165, 1.54) is 51.4 Å². The highest BCUT2D eigenvalue weighted by atomic mass is 16.1. The summed E-state index contributed by atoms with van der Waals surface area (Å²) in [5, 5.41) is 6.73. The average molecular weight is 379 g/mol. The first-order chi connectivity index (χ1) is 13.8. The summed E-state index contributed by atoms with van der Waals surface area (Å²) in [6.45, 7) is 0. The molecule has 1 heterocycles. The van der Waals surface area contributed by atoms with Gasteiger partial charge in [0.1, 0.15) is 12.1 Å². The molecule has 2 fully saturated rings. The maximum absolute atomic E-state index is 12.5. The topological polar surface area (TPSA) is 66.9 Å². The number of hydrogen-bond donors (Lipinski definition) is 2. The van der Waals surface area contributed by atoms with E-state index in [2.05, 4.69) is 20.6 Å². The lowest BCUT2D eigenvalue weighted by Crippen LogP contribution is -2.36. The van der Waals surface area contributed by atoms with E-state index >= 15 is 0 Å². The lowest BCUT2D eigenvalue weighted by molar-refractivity contribution is 0.0927. The van der Waals surface area contributed by atoms with Crippen LogP contribution >= 0.6 is 0 Å². The van der Waals surface area contributed by atoms with Gasteiger partial charge in [0.2, 0.25) is 0 Å². The Balaban J connectivity index is 1.40. The van der Waals surface area contributed by atoms with Crippen molar-refractivity contribution in [3.8, 4) is 11.3 Å². The molecule has 0 aliphatic heterocycles. The number of nitrogens with one attached hydrogen (secondary N) is 2. The minimum atomic E-state index is 0.0285. The Morgan fingerprint density at radius 1 is 0.821 bits per heavy atom. The van der Waals surface area contributed by atoms with Crippen LogP contribution < -0.4 is 10.6 Å². The number of nitrogens with zero attached hydrogens (tertiary/aromatic N) is 2. The summed E-state index contributed by atoms with van der Waals surface area (Å²) < 4.78 is 0. The number of aromatic nitrogens is 2. The van der Waals surface area contributed by atoms with Gasteiger partial charge in [-0.05, 0) is 37.8 Å². The molecular formula is C23H30N4O. The molecule has 5 nitrogen and oxygen atoms in total. The van der Waals surface area contributed by atoms with Crippen molar-refractivity contribution in [2.24, 2.45) is 0 Å². The van der Waals surface area contributed by atoms with Crippen molar-refractivity contribution in [2.75, 3.05) is 5.32 Å². The van der Waals surface area contributed by atoms with Crippen LogP contribution in [0.25, 0.3) is 11.3 Å². The van der Waals surface area contributed by atoms with Gasteiger partial charge in [-0.15, -0.1) is 0 Å². The van der Waals surface area contributed by atoms with Gasteiger partial charge in [-0.1, -0.05) is 50.7 Å². The van der Waals surface area contributed by atoms with Crippen LogP contribution in [0.15, 0.2) is 36.7 Å². The number of carbonyl (C=O) groups is 1. The van der Waals surface area contributed by atoms with E-state index in [-0.39, 0.29) is 5.91 Å². The zero-order valence-corrected chi connectivity index (χ0v) is 16.5. The van der Waals surface area contributed by atoms with Gasteiger partial charge in [0.25, 0.3) is 5.91 Å². The number of rotatable bonds is 5. The minimum absolute atomic E-state index is 0.0285. The van der Waals surface area contributed by atoms with Crippen molar-refractivity contribution in [1.29, 1.82) is 0 Å². The summed E-state index contributed by atoms with van der Waals surface area (Å²) in [4.78, 5) is 21.3. The van der Waals surface area contributed by atoms with Gasteiger partial charge in [0.15, 0.2) is 0 Å². The zero-order chi connectivity index (χ0) is 19.2. The predicted octanol–water partition coefficient (Wildman–Crippen LogP) is 4.95. The SMILES string of the molecule is O=C(NC1CCCCC1)c1ccc(-c2cc(NC3CCCCC3)ncn2)cc1. The molecule has 2 aliphatic rings. The lowest BCUT2D eigenvalue weighted by Gasteiger charge is -2.23. The van der Waals surface area contributed by atoms with Crippen molar-refractivity contribution in [1.82, 2.24) is 15.3 Å². The lowest BCUT2D eigenvalue weighted by atomic mass is 9.95. The van der Waals surface area contributed by atoms with Crippen LogP contribution in [-0.2, 0) is 0 Å². The predicted molar refractivity (Wildman–Crippen MR) is 112 cm³/mol. The third-order valence-corrected chi connectivity index (χ3v) is 6.01. The maximum Gasteiger partial charge on any atom is 0.251 e. The van der Waals surface area contributed by atoms with Gasteiger partial charge < -0.3 is 10.6 Å². The number of anilines is 1. The van der Waals surface area contributed by atoms with E-state index in [4.69, 9.17) is 0 Å². The van der Waals surface area contributed by atoms with Crippen LogP contribution in [-0.4, -0.2) is 28.0 Å². The molecule has 148 valence electrons. The molecule has 2 aliphatic carbocycles. The largest absolute Gasteiger partial charge is 0.367 e. The van der Waals surface area contributed by atoms with Crippen molar-refractivity contribution < 1.29 is 4.79 Å². The molecule has 4 rings (SSSR count). The maximum atomic E-state index is 12.5. The highest BCUT2D eigenvalue weighted by Gasteiger charge is 2.17. The Hall–Kier alpha value is -2.43. The molecule has 1 aromatic heterocycles. The molecule has 0 bridgehead atoms. The van der Waals surface area contributed by atoms with E-state index in [0.29, 0.717) is 17.6 Å². The van der Waals surface area contributed by atoms with Crippen molar-refractivity contribution in [3.63, 3.8) is 0 Å². The third kappa shape index (κ3) is 4.89. The molecule has 2 aromatic rings. The Morgan fingerprint density at radius 2 is 1.46 bits per heavy atom. The molecule has 0 unspecified atom stereocenters. The van der Waals surface area contributed by atoms with Crippen LogP contribution in [0.4, 0.5) is 5.82 Å². The number of hydrogen-bond acceptors (Lipinski definition) is 4. The Bertz CT molecular complexity index is 777. The summed E-state index contributed by atoms with van der Waals surface area (Å²) in [6.07, 6.45) is 13.9. The molecule has 0 radical (unpaired) electrons. The third-order valence-electron chi connectivity index (χ3n) is 6.01.